The zero-order valence-corrected chi connectivity index (χ0v) is 26.3. The van der Waals surface area contributed by atoms with Gasteiger partial charge >= 0.3 is 10.3 Å². The lowest BCUT2D eigenvalue weighted by atomic mass is 9.77. The summed E-state index contributed by atoms with van der Waals surface area (Å²) in [5.74, 6) is -1.04. The van der Waals surface area contributed by atoms with Crippen molar-refractivity contribution < 1.29 is 26.8 Å². The van der Waals surface area contributed by atoms with Crippen molar-refractivity contribution in [3.8, 4) is 0 Å². The third-order valence-corrected chi connectivity index (χ3v) is 9.86. The molecule has 4 atom stereocenters. The molecular formula is C33H34N6O6S. The Morgan fingerprint density at radius 1 is 0.870 bits per heavy atom. The van der Waals surface area contributed by atoms with Gasteiger partial charge < -0.3 is 19.9 Å². The Bertz CT molecular complexity index is 1840. The van der Waals surface area contributed by atoms with E-state index in [-0.39, 0.29) is 6.54 Å². The van der Waals surface area contributed by atoms with Gasteiger partial charge in [-0.25, -0.2) is 19.1 Å². The van der Waals surface area contributed by atoms with Crippen LogP contribution in [0.2, 0.25) is 0 Å². The average molecular weight is 643 g/mol. The molecule has 0 spiro atoms. The van der Waals surface area contributed by atoms with Gasteiger partial charge in [-0.2, -0.15) is 12.7 Å². The summed E-state index contributed by atoms with van der Waals surface area (Å²) in [4.78, 5) is 13.1. The SMILES string of the molecule is CN(C(c1ccccc1)(c1ccccc1)c1ccccc1)S(=O)(=O)O[C@H]1O[C@@H](n2cnc3c(CN)ncnc32)[C@@H]2OC(C)(C)O[C@@H]12. The minimum atomic E-state index is -4.56. The van der Waals surface area contributed by atoms with Gasteiger partial charge in [-0.1, -0.05) is 91.0 Å². The maximum Gasteiger partial charge on any atom is 0.342 e. The van der Waals surface area contributed by atoms with E-state index in [1.807, 2.05) is 91.0 Å². The second kappa shape index (κ2) is 11.6. The fraction of sp³-hybridized carbons (Fsp3) is 0.303. The van der Waals surface area contributed by atoms with Crippen LogP contribution in [-0.2, 0) is 40.8 Å². The van der Waals surface area contributed by atoms with Gasteiger partial charge in [0.05, 0.1) is 12.0 Å². The summed E-state index contributed by atoms with van der Waals surface area (Å²) in [5.41, 5.74) is 8.30. The lowest BCUT2D eigenvalue weighted by Gasteiger charge is -2.42. The van der Waals surface area contributed by atoms with Crippen LogP contribution in [0.25, 0.3) is 11.2 Å². The van der Waals surface area contributed by atoms with Crippen LogP contribution in [0.4, 0.5) is 0 Å². The first-order valence-electron chi connectivity index (χ1n) is 14.9. The first-order valence-corrected chi connectivity index (χ1v) is 16.2. The molecule has 2 aliphatic rings. The normalized spacial score (nSPS) is 22.8. The Morgan fingerprint density at radius 2 is 1.41 bits per heavy atom. The monoisotopic (exact) mass is 642 g/mol. The van der Waals surface area contributed by atoms with Crippen LogP contribution in [0, 0.1) is 0 Å². The van der Waals surface area contributed by atoms with Crippen molar-refractivity contribution in [2.75, 3.05) is 7.05 Å². The van der Waals surface area contributed by atoms with Crippen LogP contribution in [0.1, 0.15) is 42.5 Å². The number of aromatic nitrogens is 4. The molecule has 2 aliphatic heterocycles. The molecule has 0 unspecified atom stereocenters. The summed E-state index contributed by atoms with van der Waals surface area (Å²) < 4.78 is 56.8. The molecule has 238 valence electrons. The van der Waals surface area contributed by atoms with E-state index in [0.29, 0.717) is 16.9 Å². The molecule has 12 nitrogen and oxygen atoms in total. The Kier molecular flexibility index (Phi) is 7.72. The molecule has 0 bridgehead atoms. The van der Waals surface area contributed by atoms with Crippen LogP contribution in [0.5, 0.6) is 0 Å². The smallest absolute Gasteiger partial charge is 0.340 e. The number of fused-ring (bicyclic) bond motifs is 2. The van der Waals surface area contributed by atoms with Crippen molar-refractivity contribution in [1.82, 2.24) is 23.8 Å². The molecule has 0 amide bonds. The van der Waals surface area contributed by atoms with E-state index in [2.05, 4.69) is 15.0 Å². The number of ether oxygens (including phenoxy) is 3. The molecule has 0 saturated carbocycles. The van der Waals surface area contributed by atoms with Crippen LogP contribution in [-0.4, -0.2) is 63.6 Å². The summed E-state index contributed by atoms with van der Waals surface area (Å²) in [6.07, 6.45) is -0.924. The molecule has 4 heterocycles. The zero-order valence-electron chi connectivity index (χ0n) is 25.5. The van der Waals surface area contributed by atoms with Crippen LogP contribution in [0.15, 0.2) is 104 Å². The van der Waals surface area contributed by atoms with Gasteiger partial charge in [0.15, 0.2) is 17.7 Å². The van der Waals surface area contributed by atoms with Crippen molar-refractivity contribution in [3.63, 3.8) is 0 Å². The molecule has 5 aromatic rings. The molecule has 2 aromatic heterocycles. The van der Waals surface area contributed by atoms with Gasteiger partial charge in [0, 0.05) is 13.6 Å². The molecule has 0 radical (unpaired) electrons. The second-order valence-corrected chi connectivity index (χ2v) is 13.2. The summed E-state index contributed by atoms with van der Waals surface area (Å²) in [7, 11) is -3.05. The third-order valence-electron chi connectivity index (χ3n) is 8.49. The molecule has 2 fully saturated rings. The number of imidazole rings is 1. The minimum absolute atomic E-state index is 0.169. The minimum Gasteiger partial charge on any atom is -0.340 e. The Hall–Kier alpha value is -4.08. The summed E-state index contributed by atoms with van der Waals surface area (Å²) in [5, 5.41) is 0. The lowest BCUT2D eigenvalue weighted by Crippen LogP contribution is -2.50. The molecule has 46 heavy (non-hydrogen) atoms. The quantitative estimate of drug-likeness (QED) is 0.236. The standard InChI is InChI=1S/C33H34N6O6S/c1-32(2)43-27-28(44-32)31(42-30(27)39-21-37-26-25(19-34)35-20-36-29(26)39)45-46(40,41)38(3)33(22-13-7-4-8-14-22,23-15-9-5-10-16-23)24-17-11-6-12-18-24/h4-18,20-21,27-28,30-31H,19,34H2,1-3H3/t27-,28-,30-,31-/m1/s1. The average Bonchev–Trinajstić information content (AvgIpc) is 3.73. The van der Waals surface area contributed by atoms with Crippen molar-refractivity contribution in [3.05, 3.63) is 126 Å². The molecule has 7 rings (SSSR count). The highest BCUT2D eigenvalue weighted by Gasteiger charge is 2.59. The van der Waals surface area contributed by atoms with E-state index in [1.54, 1.807) is 24.7 Å². The van der Waals surface area contributed by atoms with Gasteiger partial charge in [0.1, 0.15) is 29.6 Å². The van der Waals surface area contributed by atoms with Crippen LogP contribution < -0.4 is 5.73 Å². The van der Waals surface area contributed by atoms with E-state index < -0.39 is 46.4 Å². The highest BCUT2D eigenvalue weighted by Crippen LogP contribution is 2.47. The largest absolute Gasteiger partial charge is 0.342 e. The maximum atomic E-state index is 14.6. The van der Waals surface area contributed by atoms with E-state index in [9.17, 15) is 8.42 Å². The first kappa shape index (κ1) is 30.6. The Labute approximate surface area is 267 Å². The third kappa shape index (κ3) is 5.00. The lowest BCUT2D eigenvalue weighted by molar-refractivity contribution is -0.224. The van der Waals surface area contributed by atoms with Gasteiger partial charge in [-0.05, 0) is 30.5 Å². The predicted molar refractivity (Wildman–Crippen MR) is 168 cm³/mol. The molecule has 2 saturated heterocycles. The van der Waals surface area contributed by atoms with Gasteiger partial charge in [0.25, 0.3) is 0 Å². The first-order chi connectivity index (χ1) is 22.2. The van der Waals surface area contributed by atoms with Crippen molar-refractivity contribution in [2.24, 2.45) is 5.73 Å². The van der Waals surface area contributed by atoms with Crippen LogP contribution in [0.3, 0.4) is 0 Å². The van der Waals surface area contributed by atoms with E-state index in [1.165, 1.54) is 17.7 Å². The molecule has 13 heteroatoms. The summed E-state index contributed by atoms with van der Waals surface area (Å²) >= 11 is 0. The number of nitrogens with two attached hydrogens (primary N) is 1. The van der Waals surface area contributed by atoms with Gasteiger partial charge in [0.2, 0.25) is 6.29 Å². The van der Waals surface area contributed by atoms with E-state index in [4.69, 9.17) is 24.1 Å². The number of benzene rings is 3. The fourth-order valence-corrected chi connectivity index (χ4v) is 7.69. The second-order valence-electron chi connectivity index (χ2n) is 11.6. The fourth-order valence-electron chi connectivity index (χ4n) is 6.51. The number of hydrogen-bond acceptors (Lipinski definition) is 10. The molecule has 2 N–H and O–H groups in total. The highest BCUT2D eigenvalue weighted by atomic mass is 32.2. The number of rotatable bonds is 9. The Balaban J connectivity index is 1.30. The van der Waals surface area contributed by atoms with Gasteiger partial charge in [-0.15, -0.1) is 0 Å². The summed E-state index contributed by atoms with van der Waals surface area (Å²) in [6.45, 7) is 3.68. The van der Waals surface area contributed by atoms with E-state index >= 15 is 0 Å². The number of nitrogens with zero attached hydrogens (tertiary/aromatic N) is 5. The van der Waals surface area contributed by atoms with Crippen LogP contribution >= 0.6 is 0 Å². The highest BCUT2D eigenvalue weighted by molar-refractivity contribution is 7.84. The molecule has 0 aliphatic carbocycles. The summed E-state index contributed by atoms with van der Waals surface area (Å²) in [6, 6.07) is 28.4. The van der Waals surface area contributed by atoms with Gasteiger partial charge in [-0.3, -0.25) is 4.57 Å². The van der Waals surface area contributed by atoms with Crippen molar-refractivity contribution >= 4 is 21.5 Å². The zero-order chi connectivity index (χ0) is 32.1. The predicted octanol–water partition coefficient (Wildman–Crippen LogP) is 3.85. The maximum absolute atomic E-state index is 14.6. The topological polar surface area (TPSA) is 144 Å². The van der Waals surface area contributed by atoms with E-state index in [0.717, 1.165) is 16.7 Å². The number of hydrogen-bond donors (Lipinski definition) is 1. The molecular weight excluding hydrogens is 608 g/mol. The molecule has 3 aromatic carbocycles. The van der Waals surface area contributed by atoms with Crippen molar-refractivity contribution in [1.29, 1.82) is 0 Å². The Morgan fingerprint density at radius 3 is 1.96 bits per heavy atom. The van der Waals surface area contributed by atoms with Crippen molar-refractivity contribution in [2.45, 2.75) is 56.4 Å².